The molecule has 5 nitrogen and oxygen atoms in total. The third-order valence-corrected chi connectivity index (χ3v) is 2.62. The first-order valence-electron chi connectivity index (χ1n) is 5.39. The summed E-state index contributed by atoms with van der Waals surface area (Å²) >= 11 is 0. The zero-order valence-corrected chi connectivity index (χ0v) is 10.2. The molecule has 0 heterocycles. The zero-order valence-electron chi connectivity index (χ0n) is 10.2. The summed E-state index contributed by atoms with van der Waals surface area (Å²) in [4.78, 5) is 23.4. The number of amides is 2. The quantitative estimate of drug-likeness (QED) is 0.854. The molecule has 2 N–H and O–H groups in total. The number of rotatable bonds is 4. The second-order valence-corrected chi connectivity index (χ2v) is 3.91. The summed E-state index contributed by atoms with van der Waals surface area (Å²) in [7, 11) is 1.40. The van der Waals surface area contributed by atoms with Gasteiger partial charge in [0.1, 0.15) is 11.9 Å². The van der Waals surface area contributed by atoms with Gasteiger partial charge in [-0.1, -0.05) is 12.1 Å². The molecule has 0 fully saturated rings. The minimum absolute atomic E-state index is 0.218. The fourth-order valence-electron chi connectivity index (χ4n) is 1.25. The van der Waals surface area contributed by atoms with Crippen LogP contribution in [0.2, 0.25) is 0 Å². The van der Waals surface area contributed by atoms with E-state index in [9.17, 15) is 14.0 Å². The van der Waals surface area contributed by atoms with Gasteiger partial charge >= 0.3 is 12.0 Å². The van der Waals surface area contributed by atoms with Gasteiger partial charge in [0.15, 0.2) is 0 Å². The number of nitrogens with one attached hydrogen (secondary N) is 1. The minimum Gasteiger partial charge on any atom is -0.480 e. The largest absolute Gasteiger partial charge is 0.480 e. The number of carbonyl (C=O) groups is 2. The molecule has 18 heavy (non-hydrogen) atoms. The van der Waals surface area contributed by atoms with Crippen LogP contribution >= 0.6 is 0 Å². The Labute approximate surface area is 104 Å². The van der Waals surface area contributed by atoms with E-state index in [1.165, 1.54) is 26.1 Å². The molecule has 0 spiro atoms. The lowest BCUT2D eigenvalue weighted by Gasteiger charge is -2.21. The molecule has 1 unspecified atom stereocenters. The summed E-state index contributed by atoms with van der Waals surface area (Å²) in [5.41, 5.74) is 0.737. The molecule has 0 aliphatic carbocycles. The van der Waals surface area contributed by atoms with Gasteiger partial charge in [0, 0.05) is 13.6 Å². The SMILES string of the molecule is CC(C(=O)O)N(C)C(=O)NCc1ccc(F)cc1. The number of carbonyl (C=O) groups excluding carboxylic acids is 1. The lowest BCUT2D eigenvalue weighted by atomic mass is 10.2. The average Bonchev–Trinajstić information content (AvgIpc) is 2.35. The molecule has 0 radical (unpaired) electrons. The maximum atomic E-state index is 12.6. The summed E-state index contributed by atoms with van der Waals surface area (Å²) in [5.74, 6) is -1.42. The Morgan fingerprint density at radius 2 is 1.94 bits per heavy atom. The van der Waals surface area contributed by atoms with Crippen LogP contribution in [-0.2, 0) is 11.3 Å². The van der Waals surface area contributed by atoms with Gasteiger partial charge in [0.2, 0.25) is 0 Å². The third kappa shape index (κ3) is 3.73. The fourth-order valence-corrected chi connectivity index (χ4v) is 1.25. The van der Waals surface area contributed by atoms with Crippen molar-refractivity contribution >= 4 is 12.0 Å². The fraction of sp³-hybridized carbons (Fsp3) is 0.333. The molecule has 98 valence electrons. The highest BCUT2D eigenvalue weighted by molar-refractivity contribution is 5.82. The molecule has 0 bridgehead atoms. The van der Waals surface area contributed by atoms with E-state index in [1.54, 1.807) is 12.1 Å². The van der Waals surface area contributed by atoms with Crippen molar-refractivity contribution in [1.29, 1.82) is 0 Å². The molecule has 1 rings (SSSR count). The van der Waals surface area contributed by atoms with Crippen molar-refractivity contribution in [2.24, 2.45) is 0 Å². The van der Waals surface area contributed by atoms with E-state index in [2.05, 4.69) is 5.32 Å². The van der Waals surface area contributed by atoms with Crippen LogP contribution in [0.5, 0.6) is 0 Å². The van der Waals surface area contributed by atoms with Crippen LogP contribution in [0.3, 0.4) is 0 Å². The van der Waals surface area contributed by atoms with Gasteiger partial charge in [0.05, 0.1) is 0 Å². The first-order valence-corrected chi connectivity index (χ1v) is 5.39. The molecule has 1 atom stereocenters. The van der Waals surface area contributed by atoms with E-state index in [0.717, 1.165) is 10.5 Å². The van der Waals surface area contributed by atoms with Gasteiger partial charge in [-0.15, -0.1) is 0 Å². The second-order valence-electron chi connectivity index (χ2n) is 3.91. The Balaban J connectivity index is 2.50. The van der Waals surface area contributed by atoms with Crippen molar-refractivity contribution < 1.29 is 19.1 Å². The normalized spacial score (nSPS) is 11.7. The molecule has 0 aromatic heterocycles. The number of carboxylic acids is 1. The summed E-state index contributed by atoms with van der Waals surface area (Å²) in [6.45, 7) is 1.63. The van der Waals surface area contributed by atoms with Crippen molar-refractivity contribution in [2.75, 3.05) is 7.05 Å². The van der Waals surface area contributed by atoms with Gasteiger partial charge in [0.25, 0.3) is 0 Å². The minimum atomic E-state index is -1.07. The predicted octanol–water partition coefficient (Wildman–Crippen LogP) is 1.44. The topological polar surface area (TPSA) is 69.6 Å². The lowest BCUT2D eigenvalue weighted by molar-refractivity contribution is -0.141. The summed E-state index contributed by atoms with van der Waals surface area (Å²) in [6, 6.07) is 4.30. The molecule has 2 amide bonds. The highest BCUT2D eigenvalue weighted by atomic mass is 19.1. The number of carboxylic acid groups (broad SMARTS) is 1. The Hall–Kier alpha value is -2.11. The molecular formula is C12H15FN2O3. The summed E-state index contributed by atoms with van der Waals surface area (Å²) in [6.07, 6.45) is 0. The van der Waals surface area contributed by atoms with E-state index < -0.39 is 18.0 Å². The van der Waals surface area contributed by atoms with E-state index in [1.807, 2.05) is 0 Å². The number of halogens is 1. The number of aliphatic carboxylic acids is 1. The molecule has 0 saturated carbocycles. The number of urea groups is 1. The van der Waals surface area contributed by atoms with Crippen LogP contribution in [0, 0.1) is 5.82 Å². The number of nitrogens with zero attached hydrogens (tertiary/aromatic N) is 1. The van der Waals surface area contributed by atoms with Crippen LogP contribution in [0.15, 0.2) is 24.3 Å². The Kier molecular flexibility index (Phi) is 4.65. The second kappa shape index (κ2) is 6.00. The number of hydrogen-bond acceptors (Lipinski definition) is 2. The Morgan fingerprint density at radius 1 is 1.39 bits per heavy atom. The van der Waals surface area contributed by atoms with Gasteiger partial charge in [-0.3, -0.25) is 0 Å². The van der Waals surface area contributed by atoms with E-state index in [4.69, 9.17) is 5.11 Å². The van der Waals surface area contributed by atoms with Gasteiger partial charge in [-0.25, -0.2) is 14.0 Å². The van der Waals surface area contributed by atoms with Crippen molar-refractivity contribution in [3.8, 4) is 0 Å². The van der Waals surface area contributed by atoms with Crippen LogP contribution < -0.4 is 5.32 Å². The van der Waals surface area contributed by atoms with Gasteiger partial charge < -0.3 is 15.3 Å². The third-order valence-electron chi connectivity index (χ3n) is 2.62. The van der Waals surface area contributed by atoms with Crippen LogP contribution in [0.4, 0.5) is 9.18 Å². The zero-order chi connectivity index (χ0) is 13.7. The Morgan fingerprint density at radius 3 is 2.44 bits per heavy atom. The lowest BCUT2D eigenvalue weighted by Crippen LogP contribution is -2.45. The Bertz CT molecular complexity index is 433. The van der Waals surface area contributed by atoms with Crippen molar-refractivity contribution in [1.82, 2.24) is 10.2 Å². The van der Waals surface area contributed by atoms with E-state index >= 15 is 0 Å². The first kappa shape index (κ1) is 14.0. The number of benzene rings is 1. The maximum Gasteiger partial charge on any atom is 0.326 e. The van der Waals surface area contributed by atoms with E-state index in [-0.39, 0.29) is 12.4 Å². The van der Waals surface area contributed by atoms with Crippen molar-refractivity contribution in [3.63, 3.8) is 0 Å². The van der Waals surface area contributed by atoms with Gasteiger partial charge in [-0.05, 0) is 24.6 Å². The smallest absolute Gasteiger partial charge is 0.326 e. The summed E-state index contributed by atoms with van der Waals surface area (Å²) < 4.78 is 12.6. The summed E-state index contributed by atoms with van der Waals surface area (Å²) in [5, 5.41) is 11.3. The maximum absolute atomic E-state index is 12.6. The van der Waals surface area contributed by atoms with Crippen LogP contribution in [0.1, 0.15) is 12.5 Å². The first-order chi connectivity index (χ1) is 8.41. The monoisotopic (exact) mass is 254 g/mol. The molecule has 1 aromatic carbocycles. The number of hydrogen-bond donors (Lipinski definition) is 2. The highest BCUT2D eigenvalue weighted by Crippen LogP contribution is 2.03. The number of likely N-dealkylation sites (N-methyl/N-ethyl adjacent to an activating group) is 1. The van der Waals surface area contributed by atoms with E-state index in [0.29, 0.717) is 0 Å². The average molecular weight is 254 g/mol. The standard InChI is InChI=1S/C12H15FN2O3/c1-8(11(16)17)15(2)12(18)14-7-9-3-5-10(13)6-4-9/h3-6,8H,7H2,1-2H3,(H,14,18)(H,16,17). The van der Waals surface area contributed by atoms with Gasteiger partial charge in [-0.2, -0.15) is 0 Å². The molecule has 0 aliphatic heterocycles. The predicted molar refractivity (Wildman–Crippen MR) is 63.5 cm³/mol. The van der Waals surface area contributed by atoms with Crippen molar-refractivity contribution in [2.45, 2.75) is 19.5 Å². The molecule has 0 saturated heterocycles. The van der Waals surface area contributed by atoms with Crippen LogP contribution in [0.25, 0.3) is 0 Å². The highest BCUT2D eigenvalue weighted by Gasteiger charge is 2.21. The van der Waals surface area contributed by atoms with Crippen LogP contribution in [-0.4, -0.2) is 35.1 Å². The molecule has 6 heteroatoms. The molecular weight excluding hydrogens is 239 g/mol. The van der Waals surface area contributed by atoms with Crippen molar-refractivity contribution in [3.05, 3.63) is 35.6 Å². The molecule has 1 aromatic rings. The molecule has 0 aliphatic rings.